The lowest BCUT2D eigenvalue weighted by molar-refractivity contribution is -0.384. The number of benzene rings is 1. The van der Waals surface area contributed by atoms with Gasteiger partial charge in [-0.1, -0.05) is 0 Å². The number of hydrogen-bond donors (Lipinski definition) is 2. The molecule has 0 aliphatic rings. The van der Waals surface area contributed by atoms with Gasteiger partial charge in [0.2, 0.25) is 0 Å². The summed E-state index contributed by atoms with van der Waals surface area (Å²) in [6.07, 6.45) is 0.706. The van der Waals surface area contributed by atoms with E-state index in [-0.39, 0.29) is 17.2 Å². The van der Waals surface area contributed by atoms with Crippen LogP contribution in [-0.2, 0) is 4.74 Å². The van der Waals surface area contributed by atoms with Crippen LogP contribution in [-0.4, -0.2) is 37.1 Å². The summed E-state index contributed by atoms with van der Waals surface area (Å²) < 4.78 is 5.17. The molecule has 116 valence electrons. The topological polar surface area (TPSA) is 93.5 Å². The summed E-state index contributed by atoms with van der Waals surface area (Å²) in [5.41, 5.74) is 0.592. The molecule has 0 aliphatic carbocycles. The van der Waals surface area contributed by atoms with Crippen LogP contribution in [0.5, 0.6) is 0 Å². The maximum Gasteiger partial charge on any atom is 0.293 e. The maximum absolute atomic E-state index is 11.9. The van der Waals surface area contributed by atoms with E-state index in [0.29, 0.717) is 38.4 Å². The van der Waals surface area contributed by atoms with Crippen molar-refractivity contribution in [2.45, 2.75) is 20.3 Å². The number of hydrogen-bond acceptors (Lipinski definition) is 5. The Balaban J connectivity index is 2.67. The molecule has 0 spiro atoms. The lowest BCUT2D eigenvalue weighted by atomic mass is 10.1. The van der Waals surface area contributed by atoms with Crippen LogP contribution in [0.1, 0.15) is 30.6 Å². The van der Waals surface area contributed by atoms with E-state index in [9.17, 15) is 14.9 Å². The van der Waals surface area contributed by atoms with Crippen LogP contribution in [0.2, 0.25) is 0 Å². The lowest BCUT2D eigenvalue weighted by Gasteiger charge is -2.08. The van der Waals surface area contributed by atoms with Crippen molar-refractivity contribution in [3.05, 3.63) is 33.9 Å². The third kappa shape index (κ3) is 5.39. The summed E-state index contributed by atoms with van der Waals surface area (Å²) in [4.78, 5) is 22.5. The number of nitrogens with one attached hydrogen (secondary N) is 2. The number of rotatable bonds is 9. The number of amides is 1. The number of carbonyl (C=O) groups excluding carboxylic acids is 1. The fourth-order valence-electron chi connectivity index (χ4n) is 1.79. The van der Waals surface area contributed by atoms with E-state index in [1.165, 1.54) is 6.07 Å². The number of carbonyl (C=O) groups is 1. The second-order valence-corrected chi connectivity index (χ2v) is 4.33. The van der Waals surface area contributed by atoms with Crippen LogP contribution < -0.4 is 10.6 Å². The monoisotopic (exact) mass is 295 g/mol. The minimum absolute atomic E-state index is 0.0983. The molecule has 0 aromatic heterocycles. The molecule has 7 nitrogen and oxygen atoms in total. The Hall–Kier alpha value is -2.15. The molecule has 0 unspecified atom stereocenters. The van der Waals surface area contributed by atoms with Crippen LogP contribution in [0.4, 0.5) is 11.4 Å². The molecule has 1 aromatic carbocycles. The second kappa shape index (κ2) is 8.91. The standard InChI is InChI=1S/C14H21N3O4/c1-3-15-12-7-6-11(10-13(12)17(19)20)14(18)16-8-5-9-21-4-2/h6-7,10,15H,3-5,8-9H2,1-2H3,(H,16,18). The molecule has 0 fully saturated rings. The van der Waals surface area contributed by atoms with Crippen molar-refractivity contribution in [2.24, 2.45) is 0 Å². The molecule has 0 saturated heterocycles. The van der Waals surface area contributed by atoms with E-state index in [1.807, 2.05) is 13.8 Å². The highest BCUT2D eigenvalue weighted by molar-refractivity contribution is 5.95. The van der Waals surface area contributed by atoms with Crippen LogP contribution >= 0.6 is 0 Å². The van der Waals surface area contributed by atoms with Crippen molar-refractivity contribution in [2.75, 3.05) is 31.6 Å². The van der Waals surface area contributed by atoms with Gasteiger partial charge in [-0.05, 0) is 32.4 Å². The Labute approximate surface area is 123 Å². The van der Waals surface area contributed by atoms with Gasteiger partial charge in [0.25, 0.3) is 11.6 Å². The zero-order valence-electron chi connectivity index (χ0n) is 12.3. The van der Waals surface area contributed by atoms with Crippen LogP contribution in [0.25, 0.3) is 0 Å². The number of ether oxygens (including phenoxy) is 1. The third-order valence-corrected chi connectivity index (χ3v) is 2.78. The van der Waals surface area contributed by atoms with Crippen molar-refractivity contribution < 1.29 is 14.5 Å². The second-order valence-electron chi connectivity index (χ2n) is 4.33. The van der Waals surface area contributed by atoms with Gasteiger partial charge in [0.15, 0.2) is 0 Å². The van der Waals surface area contributed by atoms with Gasteiger partial charge in [0, 0.05) is 37.9 Å². The van der Waals surface area contributed by atoms with Crippen molar-refractivity contribution in [1.29, 1.82) is 0 Å². The molecule has 7 heteroatoms. The normalized spacial score (nSPS) is 10.2. The number of anilines is 1. The predicted molar refractivity (Wildman–Crippen MR) is 80.7 cm³/mol. The molecule has 0 radical (unpaired) electrons. The Morgan fingerprint density at radius 1 is 1.38 bits per heavy atom. The maximum atomic E-state index is 11.9. The average molecular weight is 295 g/mol. The van der Waals surface area contributed by atoms with Gasteiger partial charge in [-0.3, -0.25) is 14.9 Å². The molecule has 0 saturated carbocycles. The first-order valence-corrected chi connectivity index (χ1v) is 6.98. The van der Waals surface area contributed by atoms with E-state index in [4.69, 9.17) is 4.74 Å². The van der Waals surface area contributed by atoms with Gasteiger partial charge in [-0.15, -0.1) is 0 Å². The summed E-state index contributed by atoms with van der Waals surface area (Å²) in [5, 5.41) is 16.6. The summed E-state index contributed by atoms with van der Waals surface area (Å²) in [7, 11) is 0. The molecule has 1 amide bonds. The van der Waals surface area contributed by atoms with E-state index < -0.39 is 4.92 Å². The van der Waals surface area contributed by atoms with Crippen LogP contribution in [0.15, 0.2) is 18.2 Å². The molecule has 1 rings (SSSR count). The van der Waals surface area contributed by atoms with E-state index in [0.717, 1.165) is 0 Å². The molecule has 0 heterocycles. The minimum Gasteiger partial charge on any atom is -0.382 e. The molecule has 1 aromatic rings. The predicted octanol–water partition coefficient (Wildman–Crippen LogP) is 2.18. The number of nitrogens with zero attached hydrogens (tertiary/aromatic N) is 1. The SMILES string of the molecule is CCNc1ccc(C(=O)NCCCOCC)cc1[N+](=O)[O-]. The first-order chi connectivity index (χ1) is 10.1. The minimum atomic E-state index is -0.496. The highest BCUT2D eigenvalue weighted by Crippen LogP contribution is 2.25. The van der Waals surface area contributed by atoms with Gasteiger partial charge in [0.05, 0.1) is 4.92 Å². The Kier molecular flexibility index (Phi) is 7.17. The molecule has 0 bridgehead atoms. The fraction of sp³-hybridized carbons (Fsp3) is 0.500. The van der Waals surface area contributed by atoms with Crippen molar-refractivity contribution in [1.82, 2.24) is 5.32 Å². The van der Waals surface area contributed by atoms with Gasteiger partial charge in [-0.25, -0.2) is 0 Å². The van der Waals surface area contributed by atoms with Gasteiger partial charge in [-0.2, -0.15) is 0 Å². The molecule has 2 N–H and O–H groups in total. The van der Waals surface area contributed by atoms with Crippen molar-refractivity contribution in [3.8, 4) is 0 Å². The molecular formula is C14H21N3O4. The van der Waals surface area contributed by atoms with E-state index in [1.54, 1.807) is 12.1 Å². The lowest BCUT2D eigenvalue weighted by Crippen LogP contribution is -2.25. The Morgan fingerprint density at radius 3 is 2.76 bits per heavy atom. The zero-order chi connectivity index (χ0) is 15.7. The number of nitro groups is 1. The first-order valence-electron chi connectivity index (χ1n) is 6.98. The quantitative estimate of drug-likeness (QED) is 0.414. The van der Waals surface area contributed by atoms with E-state index >= 15 is 0 Å². The smallest absolute Gasteiger partial charge is 0.293 e. The third-order valence-electron chi connectivity index (χ3n) is 2.78. The van der Waals surface area contributed by atoms with Crippen molar-refractivity contribution >= 4 is 17.3 Å². The zero-order valence-corrected chi connectivity index (χ0v) is 12.3. The average Bonchev–Trinajstić information content (AvgIpc) is 2.47. The summed E-state index contributed by atoms with van der Waals surface area (Å²) in [6, 6.07) is 4.41. The Morgan fingerprint density at radius 2 is 2.14 bits per heavy atom. The molecular weight excluding hydrogens is 274 g/mol. The highest BCUT2D eigenvalue weighted by Gasteiger charge is 2.16. The van der Waals surface area contributed by atoms with Crippen molar-refractivity contribution in [3.63, 3.8) is 0 Å². The molecule has 0 aliphatic heterocycles. The molecule has 21 heavy (non-hydrogen) atoms. The number of nitro benzene ring substituents is 1. The van der Waals surface area contributed by atoms with Gasteiger partial charge < -0.3 is 15.4 Å². The summed E-state index contributed by atoms with van der Waals surface area (Å²) >= 11 is 0. The molecule has 0 atom stereocenters. The summed E-state index contributed by atoms with van der Waals surface area (Å²) in [5.74, 6) is -0.322. The van der Waals surface area contributed by atoms with Crippen LogP contribution in [0.3, 0.4) is 0 Å². The van der Waals surface area contributed by atoms with Gasteiger partial charge in [0.1, 0.15) is 5.69 Å². The largest absolute Gasteiger partial charge is 0.382 e. The summed E-state index contributed by atoms with van der Waals surface area (Å²) in [6.45, 7) is 6.03. The fourth-order valence-corrected chi connectivity index (χ4v) is 1.79. The highest BCUT2D eigenvalue weighted by atomic mass is 16.6. The first kappa shape index (κ1) is 16.9. The van der Waals surface area contributed by atoms with E-state index in [2.05, 4.69) is 10.6 Å². The van der Waals surface area contributed by atoms with Crippen LogP contribution in [0, 0.1) is 10.1 Å². The Bertz CT molecular complexity index is 491. The van der Waals surface area contributed by atoms with Gasteiger partial charge >= 0.3 is 0 Å².